The van der Waals surface area contributed by atoms with Crippen molar-refractivity contribution in [2.45, 2.75) is 57.8 Å². The minimum absolute atomic E-state index is 0.108. The van der Waals surface area contributed by atoms with Gasteiger partial charge in [-0.3, -0.25) is 14.2 Å². The highest BCUT2D eigenvalue weighted by atomic mass is 35.5. The van der Waals surface area contributed by atoms with Crippen LogP contribution >= 0.6 is 23.4 Å². The molecule has 0 spiro atoms. The Kier molecular flexibility index (Phi) is 5.60. The molecule has 5 rings (SSSR count). The molecule has 0 N–H and O–H groups in total. The quantitative estimate of drug-likeness (QED) is 0.366. The first-order chi connectivity index (χ1) is 15.6. The Hall–Kier alpha value is -2.25. The lowest BCUT2D eigenvalue weighted by Gasteiger charge is -2.39. The van der Waals surface area contributed by atoms with E-state index in [2.05, 4.69) is 25.7 Å². The van der Waals surface area contributed by atoms with Crippen molar-refractivity contribution >= 4 is 40.2 Å². The molecule has 1 aliphatic heterocycles. The van der Waals surface area contributed by atoms with E-state index in [-0.39, 0.29) is 34.6 Å². The summed E-state index contributed by atoms with van der Waals surface area (Å²) in [4.78, 5) is 33.3. The van der Waals surface area contributed by atoms with E-state index in [4.69, 9.17) is 21.0 Å². The van der Waals surface area contributed by atoms with E-state index < -0.39 is 0 Å². The molecule has 174 valence electrons. The van der Waals surface area contributed by atoms with Crippen LogP contribution in [0.15, 0.2) is 51.0 Å². The van der Waals surface area contributed by atoms with E-state index in [1.807, 2.05) is 6.07 Å². The summed E-state index contributed by atoms with van der Waals surface area (Å²) < 4.78 is 7.05. The van der Waals surface area contributed by atoms with Gasteiger partial charge in [0.1, 0.15) is 5.76 Å². The molecule has 1 aromatic carbocycles. The van der Waals surface area contributed by atoms with Gasteiger partial charge in [0.25, 0.3) is 5.56 Å². The molecule has 8 heteroatoms. The Morgan fingerprint density at radius 2 is 2.09 bits per heavy atom. The lowest BCUT2D eigenvalue weighted by molar-refractivity contribution is -0.129. The van der Waals surface area contributed by atoms with Gasteiger partial charge in [0.15, 0.2) is 5.16 Å². The Morgan fingerprint density at radius 1 is 1.27 bits per heavy atom. The molecule has 1 saturated carbocycles. The first-order valence-electron chi connectivity index (χ1n) is 11.3. The molecule has 2 fully saturated rings. The van der Waals surface area contributed by atoms with Crippen LogP contribution in [0, 0.1) is 10.8 Å². The molecular formula is C25H28ClN3O3S. The predicted molar refractivity (Wildman–Crippen MR) is 131 cm³/mol. The van der Waals surface area contributed by atoms with E-state index >= 15 is 0 Å². The number of benzene rings is 1. The monoisotopic (exact) mass is 485 g/mol. The van der Waals surface area contributed by atoms with Crippen molar-refractivity contribution in [3.63, 3.8) is 0 Å². The smallest absolute Gasteiger partial charge is 0.262 e. The Balaban J connectivity index is 1.42. The molecule has 1 saturated heterocycles. The van der Waals surface area contributed by atoms with Crippen LogP contribution in [-0.2, 0) is 11.3 Å². The fraction of sp³-hybridized carbons (Fsp3) is 0.480. The molecule has 2 atom stereocenters. The molecule has 2 aliphatic rings. The van der Waals surface area contributed by atoms with Crippen molar-refractivity contribution in [3.8, 4) is 0 Å². The second kappa shape index (κ2) is 8.20. The standard InChI is InChI=1S/C25H28ClN3O3S/c1-24(2)10-17-11-25(3,14-24)15-29(17)21(30)13-33-23-27-20-9-16(26)6-7-19(20)22(31)28(23)12-18-5-4-8-32-18/h4-9,17H,10-15H2,1-3H3. The van der Waals surface area contributed by atoms with Crippen molar-refractivity contribution in [3.05, 3.63) is 57.7 Å². The average Bonchev–Trinajstić information content (AvgIpc) is 3.32. The van der Waals surface area contributed by atoms with E-state index in [9.17, 15) is 9.59 Å². The number of furan rings is 1. The minimum Gasteiger partial charge on any atom is -0.467 e. The number of thioether (sulfide) groups is 1. The zero-order valence-corrected chi connectivity index (χ0v) is 20.7. The van der Waals surface area contributed by atoms with E-state index in [1.54, 1.807) is 35.1 Å². The summed E-state index contributed by atoms with van der Waals surface area (Å²) in [6.45, 7) is 7.97. The summed E-state index contributed by atoms with van der Waals surface area (Å²) in [5.74, 6) is 1.00. The Labute approximate surface area is 202 Å². The van der Waals surface area contributed by atoms with Gasteiger partial charge in [0.2, 0.25) is 5.91 Å². The topological polar surface area (TPSA) is 68.3 Å². The Morgan fingerprint density at radius 3 is 2.85 bits per heavy atom. The van der Waals surface area contributed by atoms with Gasteiger partial charge in [0, 0.05) is 17.6 Å². The van der Waals surface area contributed by atoms with Crippen LogP contribution in [0.25, 0.3) is 10.9 Å². The number of carbonyl (C=O) groups excluding carboxylic acids is 1. The summed E-state index contributed by atoms with van der Waals surface area (Å²) in [6.07, 6.45) is 4.83. The molecule has 2 aromatic heterocycles. The van der Waals surface area contributed by atoms with Crippen molar-refractivity contribution < 1.29 is 9.21 Å². The second-order valence-electron chi connectivity index (χ2n) is 10.6. The van der Waals surface area contributed by atoms with Gasteiger partial charge < -0.3 is 9.32 Å². The van der Waals surface area contributed by atoms with Crippen LogP contribution < -0.4 is 5.56 Å². The number of halogens is 1. The number of hydrogen-bond acceptors (Lipinski definition) is 5. The fourth-order valence-electron chi connectivity index (χ4n) is 5.94. The van der Waals surface area contributed by atoms with Crippen LogP contribution in [-0.4, -0.2) is 38.7 Å². The summed E-state index contributed by atoms with van der Waals surface area (Å²) in [6, 6.07) is 8.98. The first-order valence-corrected chi connectivity index (χ1v) is 12.6. The van der Waals surface area contributed by atoms with Gasteiger partial charge >= 0.3 is 0 Å². The highest BCUT2D eigenvalue weighted by molar-refractivity contribution is 7.99. The third-order valence-corrected chi connectivity index (χ3v) is 8.03. The van der Waals surface area contributed by atoms with Crippen molar-refractivity contribution in [2.75, 3.05) is 12.3 Å². The number of aromatic nitrogens is 2. The largest absolute Gasteiger partial charge is 0.467 e. The van der Waals surface area contributed by atoms with Crippen LogP contribution in [0.1, 0.15) is 45.8 Å². The molecular weight excluding hydrogens is 458 g/mol. The number of rotatable bonds is 5. The summed E-state index contributed by atoms with van der Waals surface area (Å²) in [5, 5.41) is 1.50. The summed E-state index contributed by atoms with van der Waals surface area (Å²) in [7, 11) is 0. The van der Waals surface area contributed by atoms with Crippen LogP contribution in [0.5, 0.6) is 0 Å². The van der Waals surface area contributed by atoms with E-state index in [0.29, 0.717) is 32.9 Å². The Bertz CT molecular complexity index is 1270. The molecule has 6 nitrogen and oxygen atoms in total. The van der Waals surface area contributed by atoms with Crippen LogP contribution in [0.2, 0.25) is 5.02 Å². The molecule has 0 radical (unpaired) electrons. The number of fused-ring (bicyclic) bond motifs is 3. The maximum Gasteiger partial charge on any atom is 0.262 e. The third-order valence-electron chi connectivity index (χ3n) is 6.84. The zero-order valence-electron chi connectivity index (χ0n) is 19.1. The van der Waals surface area contributed by atoms with Crippen molar-refractivity contribution in [1.82, 2.24) is 14.5 Å². The number of likely N-dealkylation sites (tertiary alicyclic amines) is 1. The molecule has 3 aromatic rings. The normalized spacial score (nSPS) is 23.9. The van der Waals surface area contributed by atoms with Gasteiger partial charge in [0.05, 0.1) is 29.5 Å². The number of carbonyl (C=O) groups is 1. The number of amides is 1. The number of nitrogens with zero attached hydrogens (tertiary/aromatic N) is 3. The lowest BCUT2D eigenvalue weighted by atomic mass is 9.65. The summed E-state index contributed by atoms with van der Waals surface area (Å²) in [5.41, 5.74) is 0.799. The van der Waals surface area contributed by atoms with Gasteiger partial charge in [-0.25, -0.2) is 4.98 Å². The molecule has 2 bridgehead atoms. The predicted octanol–water partition coefficient (Wildman–Crippen LogP) is 5.21. The average molecular weight is 486 g/mol. The molecule has 3 heterocycles. The fourth-order valence-corrected chi connectivity index (χ4v) is 6.99. The second-order valence-corrected chi connectivity index (χ2v) is 11.9. The molecule has 2 unspecified atom stereocenters. The van der Waals surface area contributed by atoms with Crippen LogP contribution in [0.3, 0.4) is 0 Å². The molecule has 1 amide bonds. The summed E-state index contributed by atoms with van der Waals surface area (Å²) >= 11 is 7.46. The maximum atomic E-state index is 13.3. The van der Waals surface area contributed by atoms with E-state index in [0.717, 1.165) is 25.8 Å². The highest BCUT2D eigenvalue weighted by Gasteiger charge is 2.50. The number of hydrogen-bond donors (Lipinski definition) is 0. The lowest BCUT2D eigenvalue weighted by Crippen LogP contribution is -2.38. The third kappa shape index (κ3) is 4.45. The van der Waals surface area contributed by atoms with E-state index in [1.165, 1.54) is 11.8 Å². The van der Waals surface area contributed by atoms with Crippen molar-refractivity contribution in [1.29, 1.82) is 0 Å². The van der Waals surface area contributed by atoms with Gasteiger partial charge in [-0.15, -0.1) is 0 Å². The van der Waals surface area contributed by atoms with Crippen LogP contribution in [0.4, 0.5) is 0 Å². The molecule has 33 heavy (non-hydrogen) atoms. The maximum absolute atomic E-state index is 13.3. The van der Waals surface area contributed by atoms with Crippen molar-refractivity contribution in [2.24, 2.45) is 10.8 Å². The molecule has 1 aliphatic carbocycles. The first kappa shape index (κ1) is 22.5. The van der Waals surface area contributed by atoms with Gasteiger partial charge in [-0.1, -0.05) is 44.1 Å². The van der Waals surface area contributed by atoms with Gasteiger partial charge in [-0.05, 0) is 60.4 Å². The highest BCUT2D eigenvalue weighted by Crippen LogP contribution is 2.52. The zero-order chi connectivity index (χ0) is 23.4. The SMILES string of the molecule is CC1(C)CC2CC(C)(CN2C(=O)CSc2nc3cc(Cl)ccc3c(=O)n2Cc2ccco2)C1. The van der Waals surface area contributed by atoms with Gasteiger partial charge in [-0.2, -0.15) is 0 Å². The minimum atomic E-state index is -0.172.